The van der Waals surface area contributed by atoms with Gasteiger partial charge in [0, 0.05) is 50.8 Å². The van der Waals surface area contributed by atoms with Crippen molar-refractivity contribution in [1.82, 2.24) is 9.80 Å². The average molecular weight is 526 g/mol. The molecule has 1 heterocycles. The second-order valence-corrected chi connectivity index (χ2v) is 10.5. The van der Waals surface area contributed by atoms with Crippen LogP contribution in [0.2, 0.25) is 0 Å². The third-order valence-electron chi connectivity index (χ3n) is 7.29. The van der Waals surface area contributed by atoms with E-state index in [1.165, 1.54) is 24.3 Å². The van der Waals surface area contributed by atoms with Gasteiger partial charge in [-0.3, -0.25) is 14.4 Å². The van der Waals surface area contributed by atoms with Crippen LogP contribution in [0.5, 0.6) is 5.75 Å². The number of ether oxygens (including phenoxy) is 2. The van der Waals surface area contributed by atoms with Gasteiger partial charge in [-0.1, -0.05) is 6.92 Å². The zero-order chi connectivity index (χ0) is 27.4. The summed E-state index contributed by atoms with van der Waals surface area (Å²) in [6, 6.07) is 9.88. The number of fused-ring (bicyclic) bond motifs is 1. The maximum absolute atomic E-state index is 13.5. The fourth-order valence-corrected chi connectivity index (χ4v) is 4.69. The largest absolute Gasteiger partial charge is 0.491 e. The molecule has 0 spiro atoms. The fraction of sp³-hybridized carbons (Fsp3) is 0.483. The Kier molecular flexibility index (Phi) is 8.66. The standard InChI is InChI=1S/C29H36FN3O5/c1-18-15-33(27(34)13-20-5-6-20)19(2)17-38-25-12-11-23(31-28(35)21-7-9-22(30)10-8-21)14-24(25)29(36)32(3)16-26(18)37-4/h7-12,14,18-20,26H,5-6,13,15-17H2,1-4H3,(H,31,35)/t18-,19+,26+/m1/s1. The van der Waals surface area contributed by atoms with E-state index in [0.29, 0.717) is 42.4 Å². The smallest absolute Gasteiger partial charge is 0.257 e. The van der Waals surface area contributed by atoms with Crippen molar-refractivity contribution in [2.24, 2.45) is 11.8 Å². The van der Waals surface area contributed by atoms with Crippen molar-refractivity contribution in [3.63, 3.8) is 0 Å². The molecule has 0 saturated heterocycles. The summed E-state index contributed by atoms with van der Waals surface area (Å²) in [4.78, 5) is 42.8. The highest BCUT2D eigenvalue weighted by Gasteiger charge is 2.33. The Morgan fingerprint density at radius 3 is 2.47 bits per heavy atom. The van der Waals surface area contributed by atoms with Crippen LogP contribution in [-0.2, 0) is 9.53 Å². The minimum Gasteiger partial charge on any atom is -0.491 e. The highest BCUT2D eigenvalue weighted by atomic mass is 19.1. The summed E-state index contributed by atoms with van der Waals surface area (Å²) in [5.41, 5.74) is 0.984. The van der Waals surface area contributed by atoms with Crippen molar-refractivity contribution >= 4 is 23.4 Å². The van der Waals surface area contributed by atoms with E-state index >= 15 is 0 Å². The van der Waals surface area contributed by atoms with Gasteiger partial charge in [0.2, 0.25) is 5.91 Å². The Bertz CT molecular complexity index is 1170. The van der Waals surface area contributed by atoms with Crippen LogP contribution < -0.4 is 10.1 Å². The van der Waals surface area contributed by atoms with E-state index in [-0.39, 0.29) is 42.0 Å². The van der Waals surface area contributed by atoms with Gasteiger partial charge in [0.1, 0.15) is 18.2 Å². The first-order valence-electron chi connectivity index (χ1n) is 13.1. The van der Waals surface area contributed by atoms with Crippen LogP contribution in [0.25, 0.3) is 0 Å². The Labute approximate surface area is 223 Å². The monoisotopic (exact) mass is 525 g/mol. The van der Waals surface area contributed by atoms with Crippen molar-refractivity contribution in [1.29, 1.82) is 0 Å². The van der Waals surface area contributed by atoms with E-state index in [9.17, 15) is 18.8 Å². The summed E-state index contributed by atoms with van der Waals surface area (Å²) < 4.78 is 25.1. The minimum absolute atomic E-state index is 0.0129. The van der Waals surface area contributed by atoms with Gasteiger partial charge in [-0.2, -0.15) is 0 Å². The van der Waals surface area contributed by atoms with E-state index in [1.54, 1.807) is 37.3 Å². The quantitative estimate of drug-likeness (QED) is 0.632. The van der Waals surface area contributed by atoms with Gasteiger partial charge in [-0.15, -0.1) is 0 Å². The van der Waals surface area contributed by atoms with E-state index < -0.39 is 11.7 Å². The number of hydrogen-bond donors (Lipinski definition) is 1. The van der Waals surface area contributed by atoms with Crippen LogP contribution in [0.15, 0.2) is 42.5 Å². The molecule has 204 valence electrons. The molecule has 38 heavy (non-hydrogen) atoms. The summed E-state index contributed by atoms with van der Waals surface area (Å²) >= 11 is 0. The van der Waals surface area contributed by atoms with E-state index in [2.05, 4.69) is 5.32 Å². The molecule has 4 rings (SSSR count). The van der Waals surface area contributed by atoms with Crippen LogP contribution in [0.1, 0.15) is 53.8 Å². The molecule has 2 aliphatic rings. The SMILES string of the molecule is CO[C@H]1CN(C)C(=O)c2cc(NC(=O)c3ccc(F)cc3)ccc2OC[C@H](C)N(C(=O)CC2CC2)C[C@H]1C. The van der Waals surface area contributed by atoms with Crippen LogP contribution in [0.4, 0.5) is 10.1 Å². The summed E-state index contributed by atoms with van der Waals surface area (Å²) in [6.45, 7) is 5.03. The second kappa shape index (κ2) is 11.9. The fourth-order valence-electron chi connectivity index (χ4n) is 4.69. The van der Waals surface area contributed by atoms with E-state index in [0.717, 1.165) is 12.8 Å². The Morgan fingerprint density at radius 1 is 1.11 bits per heavy atom. The van der Waals surface area contributed by atoms with Crippen LogP contribution in [0, 0.1) is 17.7 Å². The number of carbonyl (C=O) groups is 3. The second-order valence-electron chi connectivity index (χ2n) is 10.5. The number of halogens is 1. The number of nitrogens with zero attached hydrogens (tertiary/aromatic N) is 2. The normalized spacial score (nSPS) is 22.6. The van der Waals surface area contributed by atoms with Crippen molar-refractivity contribution < 1.29 is 28.2 Å². The van der Waals surface area contributed by atoms with Gasteiger partial charge < -0.3 is 24.6 Å². The lowest BCUT2D eigenvalue weighted by Crippen LogP contribution is -2.48. The van der Waals surface area contributed by atoms with Crippen molar-refractivity contribution in [2.75, 3.05) is 39.2 Å². The van der Waals surface area contributed by atoms with E-state index in [4.69, 9.17) is 9.47 Å². The summed E-state index contributed by atoms with van der Waals surface area (Å²) in [5.74, 6) is -0.192. The van der Waals surface area contributed by atoms with Gasteiger partial charge in [0.15, 0.2) is 0 Å². The molecule has 1 aliphatic heterocycles. The first kappa shape index (κ1) is 27.6. The molecule has 2 aromatic rings. The number of nitrogens with one attached hydrogen (secondary N) is 1. The summed E-state index contributed by atoms with van der Waals surface area (Å²) in [5, 5.41) is 2.77. The number of methoxy groups -OCH3 is 1. The van der Waals surface area contributed by atoms with Crippen molar-refractivity contribution in [2.45, 2.75) is 45.3 Å². The predicted octanol–water partition coefficient (Wildman–Crippen LogP) is 4.21. The molecular weight excluding hydrogens is 489 g/mol. The summed E-state index contributed by atoms with van der Waals surface area (Å²) in [7, 11) is 3.31. The molecule has 9 heteroatoms. The molecule has 8 nitrogen and oxygen atoms in total. The van der Waals surface area contributed by atoms with Gasteiger partial charge in [0.05, 0.1) is 17.7 Å². The maximum atomic E-state index is 13.5. The average Bonchev–Trinajstić information content (AvgIpc) is 3.72. The first-order chi connectivity index (χ1) is 18.2. The zero-order valence-corrected chi connectivity index (χ0v) is 22.4. The molecule has 0 radical (unpaired) electrons. The van der Waals surface area contributed by atoms with Gasteiger partial charge >= 0.3 is 0 Å². The van der Waals surface area contributed by atoms with Crippen LogP contribution in [0.3, 0.4) is 0 Å². The molecule has 3 atom stereocenters. The predicted molar refractivity (Wildman–Crippen MR) is 142 cm³/mol. The number of anilines is 1. The molecule has 1 N–H and O–H groups in total. The van der Waals surface area contributed by atoms with E-state index in [1.807, 2.05) is 18.7 Å². The molecule has 1 saturated carbocycles. The minimum atomic E-state index is -0.433. The number of benzene rings is 2. The number of amides is 3. The highest BCUT2D eigenvalue weighted by Crippen LogP contribution is 2.33. The molecule has 0 unspecified atom stereocenters. The Balaban J connectivity index is 1.61. The molecule has 1 fully saturated rings. The lowest BCUT2D eigenvalue weighted by Gasteiger charge is -2.36. The number of likely N-dealkylation sites (N-methyl/N-ethyl adjacent to an activating group) is 1. The molecule has 3 amide bonds. The lowest BCUT2D eigenvalue weighted by molar-refractivity contribution is -0.135. The van der Waals surface area contributed by atoms with Gasteiger partial charge in [-0.05, 0) is 68.1 Å². The molecule has 2 aromatic carbocycles. The summed E-state index contributed by atoms with van der Waals surface area (Å²) in [6.07, 6.45) is 2.46. The van der Waals surface area contributed by atoms with Crippen molar-refractivity contribution in [3.8, 4) is 5.75 Å². The lowest BCUT2D eigenvalue weighted by atomic mass is 10.0. The van der Waals surface area contributed by atoms with Gasteiger partial charge in [-0.25, -0.2) is 4.39 Å². The number of carbonyl (C=O) groups excluding carboxylic acids is 3. The van der Waals surface area contributed by atoms with Crippen LogP contribution in [-0.4, -0.2) is 73.5 Å². The Hall–Kier alpha value is -3.46. The Morgan fingerprint density at radius 2 is 1.82 bits per heavy atom. The molecule has 1 aliphatic carbocycles. The van der Waals surface area contributed by atoms with Gasteiger partial charge in [0.25, 0.3) is 11.8 Å². The maximum Gasteiger partial charge on any atom is 0.257 e. The molecule has 0 aromatic heterocycles. The third-order valence-corrected chi connectivity index (χ3v) is 7.29. The topological polar surface area (TPSA) is 88.2 Å². The number of rotatable bonds is 5. The number of hydrogen-bond acceptors (Lipinski definition) is 5. The third kappa shape index (κ3) is 6.69. The zero-order valence-electron chi connectivity index (χ0n) is 22.4. The molecular formula is C29H36FN3O5. The molecule has 0 bridgehead atoms. The van der Waals surface area contributed by atoms with Crippen LogP contribution >= 0.6 is 0 Å². The first-order valence-corrected chi connectivity index (χ1v) is 13.1. The highest BCUT2D eigenvalue weighted by molar-refractivity contribution is 6.05. The van der Waals surface area contributed by atoms with Crippen molar-refractivity contribution in [3.05, 3.63) is 59.4 Å².